The first-order valence-corrected chi connectivity index (χ1v) is 7.89. The first kappa shape index (κ1) is 13.9. The van der Waals surface area contributed by atoms with Gasteiger partial charge in [-0.25, -0.2) is 9.97 Å². The second-order valence-electron chi connectivity index (χ2n) is 5.18. The summed E-state index contributed by atoms with van der Waals surface area (Å²) in [6, 6.07) is 3.90. The van der Waals surface area contributed by atoms with Crippen molar-refractivity contribution in [3.8, 4) is 10.8 Å². The Morgan fingerprint density at radius 2 is 2.26 bits per heavy atom. The predicted molar refractivity (Wildman–Crippen MR) is 86.4 cm³/mol. The second-order valence-corrected chi connectivity index (χ2v) is 6.13. The minimum Gasteiger partial charge on any atom is -0.440 e. The first-order valence-electron chi connectivity index (χ1n) is 7.01. The standard InChI is InChI=1S/C15H13N5O2S/c1-9-11(18-14(22-9)12-4-3-5-23-12)7-20-8-16-13-10(15(20)21)6-17-19(13)2/h3-6,8H,7H2,1-2H3. The van der Waals surface area contributed by atoms with Crippen LogP contribution in [0.3, 0.4) is 0 Å². The third kappa shape index (κ3) is 2.27. The van der Waals surface area contributed by atoms with Gasteiger partial charge in [0.2, 0.25) is 5.89 Å². The van der Waals surface area contributed by atoms with Crippen molar-refractivity contribution in [2.45, 2.75) is 13.5 Å². The van der Waals surface area contributed by atoms with Gasteiger partial charge in [-0.3, -0.25) is 14.0 Å². The molecule has 0 aliphatic carbocycles. The van der Waals surface area contributed by atoms with Crippen LogP contribution in [0.5, 0.6) is 0 Å². The van der Waals surface area contributed by atoms with Gasteiger partial charge in [-0.1, -0.05) is 6.07 Å². The van der Waals surface area contributed by atoms with Crippen LogP contribution in [0.2, 0.25) is 0 Å². The van der Waals surface area contributed by atoms with Crippen molar-refractivity contribution in [1.82, 2.24) is 24.3 Å². The zero-order chi connectivity index (χ0) is 16.0. The van der Waals surface area contributed by atoms with Crippen molar-refractivity contribution in [3.63, 3.8) is 0 Å². The van der Waals surface area contributed by atoms with Gasteiger partial charge in [0.25, 0.3) is 5.56 Å². The van der Waals surface area contributed by atoms with Gasteiger partial charge in [0, 0.05) is 7.05 Å². The van der Waals surface area contributed by atoms with Gasteiger partial charge >= 0.3 is 0 Å². The van der Waals surface area contributed by atoms with Gasteiger partial charge < -0.3 is 4.42 Å². The summed E-state index contributed by atoms with van der Waals surface area (Å²) >= 11 is 1.56. The molecule has 0 saturated heterocycles. The van der Waals surface area contributed by atoms with E-state index >= 15 is 0 Å². The molecule has 7 nitrogen and oxygen atoms in total. The third-order valence-electron chi connectivity index (χ3n) is 3.66. The Morgan fingerprint density at radius 3 is 3.04 bits per heavy atom. The van der Waals surface area contributed by atoms with Crippen molar-refractivity contribution in [3.05, 3.63) is 51.8 Å². The molecule has 0 aromatic carbocycles. The molecule has 116 valence electrons. The number of hydrogen-bond acceptors (Lipinski definition) is 6. The molecule has 0 N–H and O–H groups in total. The summed E-state index contributed by atoms with van der Waals surface area (Å²) in [5.41, 5.74) is 1.16. The van der Waals surface area contributed by atoms with Crippen LogP contribution in [-0.4, -0.2) is 24.3 Å². The van der Waals surface area contributed by atoms with Crippen molar-refractivity contribution in [2.75, 3.05) is 0 Å². The van der Waals surface area contributed by atoms with E-state index in [1.54, 1.807) is 23.1 Å². The summed E-state index contributed by atoms with van der Waals surface area (Å²) in [6.07, 6.45) is 3.05. The van der Waals surface area contributed by atoms with E-state index in [9.17, 15) is 4.79 Å². The zero-order valence-corrected chi connectivity index (χ0v) is 13.4. The highest BCUT2D eigenvalue weighted by molar-refractivity contribution is 7.13. The number of aromatic nitrogens is 5. The molecule has 0 atom stereocenters. The van der Waals surface area contributed by atoms with Crippen LogP contribution >= 0.6 is 11.3 Å². The lowest BCUT2D eigenvalue weighted by molar-refractivity contribution is 0.538. The van der Waals surface area contributed by atoms with Gasteiger partial charge in [-0.15, -0.1) is 11.3 Å². The Hall–Kier alpha value is -2.74. The largest absolute Gasteiger partial charge is 0.440 e. The molecule has 0 radical (unpaired) electrons. The number of thiophene rings is 1. The lowest BCUT2D eigenvalue weighted by Crippen LogP contribution is -2.21. The van der Waals surface area contributed by atoms with Crippen molar-refractivity contribution < 1.29 is 4.42 Å². The van der Waals surface area contributed by atoms with E-state index in [0.717, 1.165) is 10.6 Å². The average Bonchev–Trinajstić information content (AvgIpc) is 3.24. The number of aryl methyl sites for hydroxylation is 2. The van der Waals surface area contributed by atoms with Gasteiger partial charge in [-0.05, 0) is 18.4 Å². The summed E-state index contributed by atoms with van der Waals surface area (Å²) < 4.78 is 8.81. The number of fused-ring (bicyclic) bond motifs is 1. The molecular formula is C15H13N5O2S. The highest BCUT2D eigenvalue weighted by atomic mass is 32.1. The fraction of sp³-hybridized carbons (Fsp3) is 0.200. The van der Waals surface area contributed by atoms with Gasteiger partial charge in [0.1, 0.15) is 23.2 Å². The molecule has 0 spiro atoms. The first-order chi connectivity index (χ1) is 11.1. The molecular weight excluding hydrogens is 314 g/mol. The molecule has 0 fully saturated rings. The van der Waals surface area contributed by atoms with Crippen LogP contribution in [0, 0.1) is 6.92 Å². The summed E-state index contributed by atoms with van der Waals surface area (Å²) in [7, 11) is 1.76. The Morgan fingerprint density at radius 1 is 1.39 bits per heavy atom. The minimum absolute atomic E-state index is 0.136. The molecule has 0 aliphatic heterocycles. The second kappa shape index (κ2) is 5.17. The van der Waals surface area contributed by atoms with Crippen LogP contribution < -0.4 is 5.56 Å². The maximum absolute atomic E-state index is 12.5. The predicted octanol–water partition coefficient (Wildman–Crippen LogP) is 2.20. The van der Waals surface area contributed by atoms with Crippen LogP contribution in [0.1, 0.15) is 11.5 Å². The summed E-state index contributed by atoms with van der Waals surface area (Å²) in [5, 5.41) is 6.53. The average molecular weight is 327 g/mol. The van der Waals surface area contributed by atoms with E-state index in [-0.39, 0.29) is 5.56 Å². The summed E-state index contributed by atoms with van der Waals surface area (Å²) in [6.45, 7) is 2.16. The number of hydrogen-bond donors (Lipinski definition) is 0. The van der Waals surface area contributed by atoms with Crippen molar-refractivity contribution >= 4 is 22.4 Å². The summed E-state index contributed by atoms with van der Waals surface area (Å²) in [5.74, 6) is 1.28. The van der Waals surface area contributed by atoms with Crippen LogP contribution in [0.4, 0.5) is 0 Å². The molecule has 0 amide bonds. The van der Waals surface area contributed by atoms with E-state index in [1.165, 1.54) is 17.1 Å². The molecule has 4 heterocycles. The number of oxazole rings is 1. The maximum Gasteiger partial charge on any atom is 0.264 e. The molecule has 4 rings (SSSR count). The van der Waals surface area contributed by atoms with Crippen LogP contribution in [0.25, 0.3) is 21.8 Å². The summed E-state index contributed by atoms with van der Waals surface area (Å²) in [4.78, 5) is 22.3. The fourth-order valence-corrected chi connectivity index (χ4v) is 3.07. The Labute approximate surface area is 134 Å². The highest BCUT2D eigenvalue weighted by Crippen LogP contribution is 2.26. The fourth-order valence-electron chi connectivity index (χ4n) is 2.42. The normalized spacial score (nSPS) is 11.4. The topological polar surface area (TPSA) is 78.7 Å². The van der Waals surface area contributed by atoms with Crippen LogP contribution in [-0.2, 0) is 13.6 Å². The van der Waals surface area contributed by atoms with Gasteiger partial charge in [0.15, 0.2) is 5.65 Å². The zero-order valence-electron chi connectivity index (χ0n) is 12.6. The van der Waals surface area contributed by atoms with Crippen LogP contribution in [0.15, 0.2) is 39.2 Å². The Bertz CT molecular complexity index is 1040. The number of rotatable bonds is 3. The highest BCUT2D eigenvalue weighted by Gasteiger charge is 2.14. The molecule has 23 heavy (non-hydrogen) atoms. The third-order valence-corrected chi connectivity index (χ3v) is 4.52. The molecule has 0 unspecified atom stereocenters. The minimum atomic E-state index is -0.136. The molecule has 8 heteroatoms. The van der Waals surface area contributed by atoms with Crippen molar-refractivity contribution in [1.29, 1.82) is 0 Å². The van der Waals surface area contributed by atoms with E-state index in [2.05, 4.69) is 15.1 Å². The van der Waals surface area contributed by atoms with E-state index in [1.807, 2.05) is 24.4 Å². The van der Waals surface area contributed by atoms with Crippen molar-refractivity contribution in [2.24, 2.45) is 7.05 Å². The monoisotopic (exact) mass is 327 g/mol. The lowest BCUT2D eigenvalue weighted by Gasteiger charge is -2.03. The maximum atomic E-state index is 12.5. The smallest absolute Gasteiger partial charge is 0.264 e. The molecule has 0 bridgehead atoms. The van der Waals surface area contributed by atoms with E-state index < -0.39 is 0 Å². The van der Waals surface area contributed by atoms with E-state index in [0.29, 0.717) is 29.2 Å². The Balaban J connectivity index is 1.74. The number of nitrogens with zero attached hydrogens (tertiary/aromatic N) is 5. The van der Waals surface area contributed by atoms with Gasteiger partial charge in [0.05, 0.1) is 17.6 Å². The molecule has 4 aromatic rings. The molecule has 0 aliphatic rings. The Kier molecular flexibility index (Phi) is 3.12. The van der Waals surface area contributed by atoms with Gasteiger partial charge in [-0.2, -0.15) is 5.10 Å². The SMILES string of the molecule is Cc1oc(-c2cccs2)nc1Cn1cnc2c(cnn2C)c1=O. The quantitative estimate of drug-likeness (QED) is 0.576. The lowest BCUT2D eigenvalue weighted by atomic mass is 10.3. The molecule has 4 aromatic heterocycles. The molecule has 0 saturated carbocycles. The van der Waals surface area contributed by atoms with E-state index in [4.69, 9.17) is 4.42 Å².